The lowest BCUT2D eigenvalue weighted by Crippen LogP contribution is -1.78. The number of hydrogen-bond donors (Lipinski definition) is 3. The minimum atomic E-state index is 0.193. The maximum absolute atomic E-state index is 9.48. The summed E-state index contributed by atoms with van der Waals surface area (Å²) in [5, 5.41) is 26.9. The van der Waals surface area contributed by atoms with E-state index in [0.717, 1.165) is 16.5 Å². The van der Waals surface area contributed by atoms with Gasteiger partial charge in [0.05, 0.1) is 5.52 Å². The van der Waals surface area contributed by atoms with E-state index in [2.05, 4.69) is 10.2 Å². The molecule has 0 aliphatic carbocycles. The number of H-pyrrole nitrogens is 1. The number of nitrogens with zero attached hydrogens (tertiary/aromatic N) is 1. The van der Waals surface area contributed by atoms with Crippen LogP contribution in [0.25, 0.3) is 22.2 Å². The number of nitrogens with one attached hydrogen (secondary N) is 1. The molecule has 0 aliphatic rings. The molecule has 3 rings (SSSR count). The third kappa shape index (κ3) is 1.59. The molecule has 0 fully saturated rings. The second-order valence-electron chi connectivity index (χ2n) is 3.85. The topological polar surface area (TPSA) is 69.1 Å². The average molecular weight is 226 g/mol. The molecule has 84 valence electrons. The van der Waals surface area contributed by atoms with Gasteiger partial charge in [-0.25, -0.2) is 0 Å². The first-order chi connectivity index (χ1) is 8.24. The highest BCUT2D eigenvalue weighted by molar-refractivity contribution is 5.93. The Kier molecular flexibility index (Phi) is 2.01. The van der Waals surface area contributed by atoms with E-state index >= 15 is 0 Å². The van der Waals surface area contributed by atoms with Crippen LogP contribution in [0.2, 0.25) is 0 Å². The summed E-state index contributed by atoms with van der Waals surface area (Å²) >= 11 is 0. The van der Waals surface area contributed by atoms with E-state index in [9.17, 15) is 10.2 Å². The van der Waals surface area contributed by atoms with E-state index in [1.807, 2.05) is 6.07 Å². The van der Waals surface area contributed by atoms with Crippen molar-refractivity contribution < 1.29 is 10.2 Å². The monoisotopic (exact) mass is 226 g/mol. The number of aromatic nitrogens is 2. The van der Waals surface area contributed by atoms with E-state index in [1.165, 1.54) is 0 Å². The Bertz CT molecular complexity index is 689. The van der Waals surface area contributed by atoms with Crippen molar-refractivity contribution in [2.45, 2.75) is 0 Å². The Morgan fingerprint density at radius 2 is 1.76 bits per heavy atom. The van der Waals surface area contributed by atoms with Gasteiger partial charge in [0.15, 0.2) is 0 Å². The second-order valence-corrected chi connectivity index (χ2v) is 3.85. The minimum Gasteiger partial charge on any atom is -0.508 e. The van der Waals surface area contributed by atoms with Gasteiger partial charge in [0.2, 0.25) is 0 Å². The molecule has 3 aromatic rings. The molecule has 0 aliphatic heterocycles. The third-order valence-electron chi connectivity index (χ3n) is 2.67. The smallest absolute Gasteiger partial charge is 0.116 e. The number of fused-ring (bicyclic) bond motifs is 1. The molecule has 1 heterocycles. The zero-order valence-corrected chi connectivity index (χ0v) is 8.88. The summed E-state index contributed by atoms with van der Waals surface area (Å²) in [6.07, 6.45) is 0. The number of benzene rings is 2. The first-order valence-corrected chi connectivity index (χ1v) is 5.20. The molecular weight excluding hydrogens is 216 g/mol. The van der Waals surface area contributed by atoms with Gasteiger partial charge in [-0.1, -0.05) is 12.1 Å². The molecule has 3 N–H and O–H groups in total. The van der Waals surface area contributed by atoms with Crippen LogP contribution >= 0.6 is 0 Å². The summed E-state index contributed by atoms with van der Waals surface area (Å²) < 4.78 is 0. The summed E-state index contributed by atoms with van der Waals surface area (Å²) in [6.45, 7) is 0. The van der Waals surface area contributed by atoms with Crippen molar-refractivity contribution in [1.29, 1.82) is 0 Å². The van der Waals surface area contributed by atoms with Crippen LogP contribution in [0.1, 0.15) is 0 Å². The Morgan fingerprint density at radius 1 is 0.941 bits per heavy atom. The Hall–Kier alpha value is -2.49. The molecule has 1 aromatic heterocycles. The standard InChI is InChI=1S/C13H10N2O2/c16-9-3-1-2-8(6-9)13-11-7-10(17)4-5-12(11)14-15-13/h1-7,16-17H,(H,14,15). The van der Waals surface area contributed by atoms with Crippen LogP contribution in [-0.4, -0.2) is 20.4 Å². The molecule has 0 spiro atoms. The fraction of sp³-hybridized carbons (Fsp3) is 0. The van der Waals surface area contributed by atoms with E-state index < -0.39 is 0 Å². The Balaban J connectivity index is 2.27. The van der Waals surface area contributed by atoms with Gasteiger partial charge in [0.25, 0.3) is 0 Å². The van der Waals surface area contributed by atoms with Crippen molar-refractivity contribution in [3.05, 3.63) is 42.5 Å². The summed E-state index contributed by atoms with van der Waals surface area (Å²) in [5.41, 5.74) is 2.37. The van der Waals surface area contributed by atoms with Crippen molar-refractivity contribution in [3.8, 4) is 22.8 Å². The van der Waals surface area contributed by atoms with E-state index in [-0.39, 0.29) is 11.5 Å². The van der Waals surface area contributed by atoms with E-state index in [0.29, 0.717) is 5.69 Å². The summed E-state index contributed by atoms with van der Waals surface area (Å²) in [6, 6.07) is 11.9. The van der Waals surface area contributed by atoms with Gasteiger partial charge in [-0.05, 0) is 30.3 Å². The van der Waals surface area contributed by atoms with Crippen molar-refractivity contribution in [3.63, 3.8) is 0 Å². The minimum absolute atomic E-state index is 0.193. The lowest BCUT2D eigenvalue weighted by atomic mass is 10.1. The number of phenolic OH excluding ortho intramolecular Hbond substituents is 2. The molecule has 0 amide bonds. The highest BCUT2D eigenvalue weighted by Gasteiger charge is 2.08. The van der Waals surface area contributed by atoms with Gasteiger partial charge in [-0.15, -0.1) is 0 Å². The molecule has 0 saturated carbocycles. The molecule has 17 heavy (non-hydrogen) atoms. The molecular formula is C13H10N2O2. The summed E-state index contributed by atoms with van der Waals surface area (Å²) in [5.74, 6) is 0.388. The van der Waals surface area contributed by atoms with E-state index in [4.69, 9.17) is 0 Å². The third-order valence-corrected chi connectivity index (χ3v) is 2.67. The van der Waals surface area contributed by atoms with Crippen LogP contribution in [0.15, 0.2) is 42.5 Å². The fourth-order valence-corrected chi connectivity index (χ4v) is 1.88. The van der Waals surface area contributed by atoms with Gasteiger partial charge in [-0.2, -0.15) is 5.10 Å². The molecule has 0 bridgehead atoms. The molecule has 4 heteroatoms. The highest BCUT2D eigenvalue weighted by Crippen LogP contribution is 2.30. The van der Waals surface area contributed by atoms with Crippen molar-refractivity contribution in [2.75, 3.05) is 0 Å². The first-order valence-electron chi connectivity index (χ1n) is 5.20. The zero-order valence-electron chi connectivity index (χ0n) is 8.88. The molecule has 0 atom stereocenters. The summed E-state index contributed by atoms with van der Waals surface area (Å²) in [7, 11) is 0. The Morgan fingerprint density at radius 3 is 2.59 bits per heavy atom. The predicted molar refractivity (Wildman–Crippen MR) is 64.9 cm³/mol. The van der Waals surface area contributed by atoms with Crippen LogP contribution in [0.4, 0.5) is 0 Å². The van der Waals surface area contributed by atoms with Gasteiger partial charge >= 0.3 is 0 Å². The molecule has 2 aromatic carbocycles. The van der Waals surface area contributed by atoms with Gasteiger partial charge in [0, 0.05) is 10.9 Å². The zero-order chi connectivity index (χ0) is 11.8. The molecule has 0 saturated heterocycles. The quantitative estimate of drug-likeness (QED) is 0.597. The lowest BCUT2D eigenvalue weighted by Gasteiger charge is -1.99. The number of rotatable bonds is 1. The number of phenols is 2. The largest absolute Gasteiger partial charge is 0.508 e. The summed E-state index contributed by atoms with van der Waals surface area (Å²) in [4.78, 5) is 0. The number of aromatic amines is 1. The Labute approximate surface area is 97.2 Å². The van der Waals surface area contributed by atoms with Gasteiger partial charge in [0.1, 0.15) is 17.2 Å². The maximum atomic E-state index is 9.48. The molecule has 0 unspecified atom stereocenters. The number of hydrogen-bond acceptors (Lipinski definition) is 3. The normalized spacial score (nSPS) is 10.8. The second kappa shape index (κ2) is 3.52. The van der Waals surface area contributed by atoms with Crippen molar-refractivity contribution in [1.82, 2.24) is 10.2 Å². The molecule has 0 radical (unpaired) electrons. The predicted octanol–water partition coefficient (Wildman–Crippen LogP) is 2.64. The first kappa shape index (κ1) is 9.72. The number of aromatic hydroxyl groups is 2. The maximum Gasteiger partial charge on any atom is 0.116 e. The van der Waals surface area contributed by atoms with Crippen LogP contribution in [0.5, 0.6) is 11.5 Å². The van der Waals surface area contributed by atoms with Gasteiger partial charge in [-0.3, -0.25) is 5.10 Å². The average Bonchev–Trinajstić information content (AvgIpc) is 2.71. The SMILES string of the molecule is Oc1cccc(-c2n[nH]c3ccc(O)cc23)c1. The van der Waals surface area contributed by atoms with Crippen molar-refractivity contribution in [2.24, 2.45) is 0 Å². The van der Waals surface area contributed by atoms with Crippen LogP contribution in [0, 0.1) is 0 Å². The van der Waals surface area contributed by atoms with Crippen LogP contribution < -0.4 is 0 Å². The van der Waals surface area contributed by atoms with E-state index in [1.54, 1.807) is 36.4 Å². The van der Waals surface area contributed by atoms with Crippen LogP contribution in [0.3, 0.4) is 0 Å². The lowest BCUT2D eigenvalue weighted by molar-refractivity contribution is 0.475. The fourth-order valence-electron chi connectivity index (χ4n) is 1.88. The highest BCUT2D eigenvalue weighted by atomic mass is 16.3. The van der Waals surface area contributed by atoms with Gasteiger partial charge < -0.3 is 10.2 Å². The van der Waals surface area contributed by atoms with Crippen LogP contribution in [-0.2, 0) is 0 Å². The molecule has 4 nitrogen and oxygen atoms in total. The van der Waals surface area contributed by atoms with Crippen molar-refractivity contribution >= 4 is 10.9 Å².